The summed E-state index contributed by atoms with van der Waals surface area (Å²) < 4.78 is 28.2. The quantitative estimate of drug-likeness (QED) is 0.503. The van der Waals surface area contributed by atoms with Gasteiger partial charge in [-0.05, 0) is 37.3 Å². The third-order valence-electron chi connectivity index (χ3n) is 4.32. The Balaban J connectivity index is 1.80. The van der Waals surface area contributed by atoms with Crippen LogP contribution in [0.1, 0.15) is 5.56 Å². The van der Waals surface area contributed by atoms with Crippen LogP contribution < -0.4 is 15.5 Å². The molecular formula is C21H17BN4O2S. The number of rotatable bonds is 5. The average Bonchev–Trinajstić information content (AvgIpc) is 2.71. The second kappa shape index (κ2) is 7.56. The zero-order valence-corrected chi connectivity index (χ0v) is 16.4. The molecule has 6 nitrogen and oxygen atoms in total. The highest BCUT2D eigenvalue weighted by Crippen LogP contribution is 2.26. The standard InChI is InChI=1S/C21H17BN4O2S/c1-14-11-12-17(16(22)13-14)23-20-21(25-19-10-6-5-9-18(19)24-20)26-29(27,28)15-7-3-2-4-8-15/h2-13H,1H3,(H,23,24)(H,25,26). The second-order valence-electron chi connectivity index (χ2n) is 6.54. The Hall–Kier alpha value is -3.39. The van der Waals surface area contributed by atoms with E-state index in [9.17, 15) is 8.42 Å². The lowest BCUT2D eigenvalue weighted by atomic mass is 9.92. The predicted octanol–water partition coefficient (Wildman–Crippen LogP) is 3.28. The molecule has 0 saturated heterocycles. The molecule has 0 bridgehead atoms. The van der Waals surface area contributed by atoms with Crippen molar-refractivity contribution in [3.05, 3.63) is 78.4 Å². The van der Waals surface area contributed by atoms with Crippen LogP contribution in [0, 0.1) is 6.92 Å². The summed E-state index contributed by atoms with van der Waals surface area (Å²) in [6.07, 6.45) is 0. The molecular weight excluding hydrogens is 383 g/mol. The Kier molecular flexibility index (Phi) is 4.94. The number of benzene rings is 3. The number of anilines is 3. The molecule has 2 N–H and O–H groups in total. The van der Waals surface area contributed by atoms with E-state index in [2.05, 4.69) is 20.0 Å². The fourth-order valence-corrected chi connectivity index (χ4v) is 3.90. The Morgan fingerprint density at radius 2 is 1.45 bits per heavy atom. The molecule has 0 aliphatic carbocycles. The maximum absolute atomic E-state index is 12.8. The number of nitrogens with zero attached hydrogens (tertiary/aromatic N) is 2. The summed E-state index contributed by atoms with van der Waals surface area (Å²) in [7, 11) is 2.26. The van der Waals surface area contributed by atoms with Gasteiger partial charge >= 0.3 is 0 Å². The third-order valence-corrected chi connectivity index (χ3v) is 5.67. The Morgan fingerprint density at radius 1 is 0.828 bits per heavy atom. The van der Waals surface area contributed by atoms with E-state index in [0.717, 1.165) is 5.56 Å². The molecule has 2 radical (unpaired) electrons. The van der Waals surface area contributed by atoms with Crippen LogP contribution in [0.25, 0.3) is 11.0 Å². The van der Waals surface area contributed by atoms with Gasteiger partial charge in [-0.2, -0.15) is 0 Å². The van der Waals surface area contributed by atoms with Gasteiger partial charge in [0.15, 0.2) is 11.6 Å². The molecule has 0 aliphatic rings. The van der Waals surface area contributed by atoms with Crippen molar-refractivity contribution in [2.24, 2.45) is 0 Å². The SMILES string of the molecule is [B]c1cc(C)ccc1Nc1nc2ccccc2nc1NS(=O)(=O)c1ccccc1. The minimum Gasteiger partial charge on any atom is -0.338 e. The van der Waals surface area contributed by atoms with Crippen LogP contribution in [0.2, 0.25) is 0 Å². The normalized spacial score (nSPS) is 11.3. The number of aryl methyl sites for hydroxylation is 1. The molecule has 4 rings (SSSR count). The topological polar surface area (TPSA) is 84.0 Å². The van der Waals surface area contributed by atoms with Gasteiger partial charge in [0.05, 0.1) is 15.9 Å². The van der Waals surface area contributed by atoms with Crippen molar-refractivity contribution < 1.29 is 8.42 Å². The number of nitrogens with one attached hydrogen (secondary N) is 2. The van der Waals surface area contributed by atoms with Gasteiger partial charge in [-0.15, -0.1) is 0 Å². The zero-order valence-electron chi connectivity index (χ0n) is 15.6. The van der Waals surface area contributed by atoms with E-state index in [1.807, 2.05) is 43.3 Å². The number of fused-ring (bicyclic) bond motifs is 1. The van der Waals surface area contributed by atoms with E-state index in [1.54, 1.807) is 24.3 Å². The lowest BCUT2D eigenvalue weighted by Gasteiger charge is -2.15. The molecule has 1 heterocycles. The molecule has 3 aromatic carbocycles. The van der Waals surface area contributed by atoms with E-state index in [-0.39, 0.29) is 16.5 Å². The van der Waals surface area contributed by atoms with Gasteiger partial charge in [-0.25, -0.2) is 18.4 Å². The van der Waals surface area contributed by atoms with Crippen molar-refractivity contribution in [1.82, 2.24) is 9.97 Å². The lowest BCUT2D eigenvalue weighted by Crippen LogP contribution is -2.17. The molecule has 0 fully saturated rings. The van der Waals surface area contributed by atoms with E-state index in [0.29, 0.717) is 22.2 Å². The molecule has 0 spiro atoms. The van der Waals surface area contributed by atoms with Gasteiger partial charge in [-0.1, -0.05) is 53.5 Å². The monoisotopic (exact) mass is 400 g/mol. The zero-order chi connectivity index (χ0) is 20.4. The lowest BCUT2D eigenvalue weighted by molar-refractivity contribution is 0.601. The summed E-state index contributed by atoms with van der Waals surface area (Å²) in [4.78, 5) is 9.16. The fraction of sp³-hybridized carbons (Fsp3) is 0.0476. The Morgan fingerprint density at radius 3 is 2.10 bits per heavy atom. The summed E-state index contributed by atoms with van der Waals surface area (Å²) in [5, 5.41) is 3.11. The first-order valence-electron chi connectivity index (χ1n) is 8.90. The summed E-state index contributed by atoms with van der Waals surface area (Å²) in [5.41, 5.74) is 3.35. The van der Waals surface area contributed by atoms with Crippen LogP contribution in [0.5, 0.6) is 0 Å². The van der Waals surface area contributed by atoms with Gasteiger partial charge in [0.1, 0.15) is 7.85 Å². The first-order valence-corrected chi connectivity index (χ1v) is 10.4. The van der Waals surface area contributed by atoms with E-state index < -0.39 is 10.0 Å². The molecule has 0 saturated carbocycles. The number of aromatic nitrogens is 2. The number of para-hydroxylation sites is 2. The van der Waals surface area contributed by atoms with Gasteiger partial charge in [0, 0.05) is 5.69 Å². The molecule has 4 aromatic rings. The minimum atomic E-state index is -3.84. The van der Waals surface area contributed by atoms with Crippen molar-refractivity contribution in [3.63, 3.8) is 0 Å². The van der Waals surface area contributed by atoms with Gasteiger partial charge < -0.3 is 5.32 Å². The highest BCUT2D eigenvalue weighted by Gasteiger charge is 2.19. The average molecular weight is 400 g/mol. The van der Waals surface area contributed by atoms with Gasteiger partial charge in [0.2, 0.25) is 0 Å². The summed E-state index contributed by atoms with van der Waals surface area (Å²) in [6, 6.07) is 20.9. The Labute approximate surface area is 170 Å². The molecule has 142 valence electrons. The molecule has 0 amide bonds. The van der Waals surface area contributed by atoms with Crippen LogP contribution in [-0.2, 0) is 10.0 Å². The molecule has 8 heteroatoms. The molecule has 1 aromatic heterocycles. The van der Waals surface area contributed by atoms with Crippen LogP contribution >= 0.6 is 0 Å². The predicted molar refractivity (Wildman–Crippen MR) is 117 cm³/mol. The first-order chi connectivity index (χ1) is 13.9. The van der Waals surface area contributed by atoms with Crippen molar-refractivity contribution in [1.29, 1.82) is 0 Å². The summed E-state index contributed by atoms with van der Waals surface area (Å²) in [6.45, 7) is 1.94. The third kappa shape index (κ3) is 4.07. The highest BCUT2D eigenvalue weighted by atomic mass is 32.2. The highest BCUT2D eigenvalue weighted by molar-refractivity contribution is 7.92. The number of sulfonamides is 1. The smallest absolute Gasteiger partial charge is 0.263 e. The summed E-state index contributed by atoms with van der Waals surface area (Å²) in [5.74, 6) is 0.353. The van der Waals surface area contributed by atoms with E-state index in [4.69, 9.17) is 7.85 Å². The second-order valence-corrected chi connectivity index (χ2v) is 8.23. The molecule has 0 unspecified atom stereocenters. The molecule has 0 atom stereocenters. The van der Waals surface area contributed by atoms with Crippen molar-refractivity contribution >= 4 is 51.7 Å². The number of hydrogen-bond donors (Lipinski definition) is 2. The number of hydrogen-bond acceptors (Lipinski definition) is 5. The minimum absolute atomic E-state index is 0.0903. The largest absolute Gasteiger partial charge is 0.338 e. The Bertz CT molecular complexity index is 1290. The van der Waals surface area contributed by atoms with E-state index >= 15 is 0 Å². The van der Waals surface area contributed by atoms with Gasteiger partial charge in [0.25, 0.3) is 10.0 Å². The van der Waals surface area contributed by atoms with Crippen molar-refractivity contribution in [2.45, 2.75) is 11.8 Å². The van der Waals surface area contributed by atoms with Gasteiger partial charge in [-0.3, -0.25) is 4.72 Å². The van der Waals surface area contributed by atoms with Crippen molar-refractivity contribution in [3.8, 4) is 0 Å². The summed E-state index contributed by atoms with van der Waals surface area (Å²) >= 11 is 0. The first kappa shape index (κ1) is 19.0. The fourth-order valence-electron chi connectivity index (χ4n) is 2.87. The van der Waals surface area contributed by atoms with Crippen LogP contribution in [0.3, 0.4) is 0 Å². The van der Waals surface area contributed by atoms with E-state index in [1.165, 1.54) is 12.1 Å². The maximum Gasteiger partial charge on any atom is 0.263 e. The maximum atomic E-state index is 12.8. The molecule has 0 aliphatic heterocycles. The van der Waals surface area contributed by atoms with Crippen LogP contribution in [0.15, 0.2) is 77.7 Å². The molecule has 29 heavy (non-hydrogen) atoms. The van der Waals surface area contributed by atoms with Crippen LogP contribution in [-0.4, -0.2) is 26.2 Å². The van der Waals surface area contributed by atoms with Crippen LogP contribution in [0.4, 0.5) is 17.3 Å². The van der Waals surface area contributed by atoms with Crippen molar-refractivity contribution in [2.75, 3.05) is 10.0 Å².